The lowest BCUT2D eigenvalue weighted by atomic mass is 10.1. The number of nitrogens with one attached hydrogen (secondary N) is 1. The highest BCUT2D eigenvalue weighted by atomic mass is 16.5. The normalized spacial score (nSPS) is 10.9. The topological polar surface area (TPSA) is 33.6 Å². The zero-order valence-corrected chi connectivity index (χ0v) is 15.3. The quantitative estimate of drug-likeness (QED) is 0.281. The maximum atomic E-state index is 5.80. The van der Waals surface area contributed by atoms with E-state index in [1.807, 2.05) is 60.8 Å². The van der Waals surface area contributed by atoms with Crippen molar-refractivity contribution in [1.82, 2.24) is 0 Å². The highest BCUT2D eigenvalue weighted by molar-refractivity contribution is 5.80. The summed E-state index contributed by atoms with van der Waals surface area (Å²) in [7, 11) is 0. The zero-order valence-electron chi connectivity index (χ0n) is 15.3. The molecule has 0 atom stereocenters. The summed E-state index contributed by atoms with van der Waals surface area (Å²) in [6, 6.07) is 18.0. The minimum Gasteiger partial charge on any atom is -0.494 e. The van der Waals surface area contributed by atoms with Crippen LogP contribution in [0.4, 0.5) is 5.69 Å². The average Bonchev–Trinajstić information content (AvgIpc) is 2.66. The summed E-state index contributed by atoms with van der Waals surface area (Å²) in [5.74, 6) is 0.930. The van der Waals surface area contributed by atoms with Crippen LogP contribution in [0, 0.1) is 0 Å². The third-order valence-electron chi connectivity index (χ3n) is 4.08. The van der Waals surface area contributed by atoms with Crippen LogP contribution < -0.4 is 10.2 Å². The number of hydrogen-bond donors (Lipinski definition) is 1. The van der Waals surface area contributed by atoms with E-state index in [1.54, 1.807) is 0 Å². The molecule has 0 unspecified atom stereocenters. The van der Waals surface area contributed by atoms with Gasteiger partial charge in [0.05, 0.1) is 18.5 Å². The maximum absolute atomic E-state index is 5.80. The molecule has 0 radical (unpaired) electrons. The molecule has 2 rings (SSSR count). The van der Waals surface area contributed by atoms with Gasteiger partial charge in [0.15, 0.2) is 0 Å². The lowest BCUT2D eigenvalue weighted by molar-refractivity contribution is 0.304. The van der Waals surface area contributed by atoms with Crippen LogP contribution in [0.15, 0.2) is 59.7 Å². The van der Waals surface area contributed by atoms with E-state index < -0.39 is 0 Å². The van der Waals surface area contributed by atoms with Crippen LogP contribution in [-0.2, 0) is 0 Å². The lowest BCUT2D eigenvalue weighted by Crippen LogP contribution is -1.97. The molecule has 0 aliphatic carbocycles. The highest BCUT2D eigenvalue weighted by Crippen LogP contribution is 2.13. The van der Waals surface area contributed by atoms with Crippen molar-refractivity contribution in [3.05, 3.63) is 60.2 Å². The van der Waals surface area contributed by atoms with Crippen molar-refractivity contribution in [2.75, 3.05) is 12.0 Å². The van der Waals surface area contributed by atoms with Gasteiger partial charge in [-0.25, -0.2) is 0 Å². The summed E-state index contributed by atoms with van der Waals surface area (Å²) in [4.78, 5) is 0. The first-order valence-electron chi connectivity index (χ1n) is 9.45. The first-order chi connectivity index (χ1) is 12.4. The Morgan fingerprint density at radius 2 is 1.52 bits per heavy atom. The summed E-state index contributed by atoms with van der Waals surface area (Å²) in [6.07, 6.45) is 11.0. The second kappa shape index (κ2) is 12.1. The molecule has 0 bridgehead atoms. The Labute approximate surface area is 152 Å². The zero-order chi connectivity index (χ0) is 17.6. The SMILES string of the molecule is CCCCCCCCCOc1ccc(/C=N\Nc2ccccc2)cc1. The number of anilines is 1. The largest absolute Gasteiger partial charge is 0.494 e. The standard InChI is InChI=1S/C22H30N2O/c1-2-3-4-5-6-7-11-18-25-22-16-14-20(15-17-22)19-23-24-21-12-9-8-10-13-21/h8-10,12-17,19,24H,2-7,11,18H2,1H3/b23-19-. The van der Waals surface area contributed by atoms with E-state index in [0.29, 0.717) is 0 Å². The van der Waals surface area contributed by atoms with Crippen molar-refractivity contribution in [2.24, 2.45) is 5.10 Å². The molecule has 0 aliphatic heterocycles. The highest BCUT2D eigenvalue weighted by Gasteiger charge is 1.95. The number of ether oxygens (including phenoxy) is 1. The van der Waals surface area contributed by atoms with Crippen LogP contribution in [0.3, 0.4) is 0 Å². The molecule has 0 amide bonds. The molecule has 0 fully saturated rings. The van der Waals surface area contributed by atoms with Crippen molar-refractivity contribution in [3.63, 3.8) is 0 Å². The average molecular weight is 338 g/mol. The molecule has 1 N–H and O–H groups in total. The van der Waals surface area contributed by atoms with Gasteiger partial charge < -0.3 is 4.74 Å². The minimum absolute atomic E-state index is 0.802. The fourth-order valence-electron chi connectivity index (χ4n) is 2.59. The Bertz CT molecular complexity index is 593. The molecule has 0 heterocycles. The van der Waals surface area contributed by atoms with Gasteiger partial charge in [0.2, 0.25) is 0 Å². The Morgan fingerprint density at radius 1 is 0.840 bits per heavy atom. The van der Waals surface area contributed by atoms with Crippen molar-refractivity contribution < 1.29 is 4.74 Å². The second-order valence-corrected chi connectivity index (χ2v) is 6.27. The molecule has 134 valence electrons. The van der Waals surface area contributed by atoms with Crippen molar-refractivity contribution >= 4 is 11.9 Å². The first kappa shape index (κ1) is 19.0. The van der Waals surface area contributed by atoms with Gasteiger partial charge in [0, 0.05) is 0 Å². The Balaban J connectivity index is 1.61. The predicted molar refractivity (Wildman–Crippen MR) is 108 cm³/mol. The van der Waals surface area contributed by atoms with E-state index in [9.17, 15) is 0 Å². The summed E-state index contributed by atoms with van der Waals surface area (Å²) in [6.45, 7) is 3.06. The molecule has 3 nitrogen and oxygen atoms in total. The van der Waals surface area contributed by atoms with Gasteiger partial charge in [-0.05, 0) is 48.4 Å². The minimum atomic E-state index is 0.802. The molecule has 2 aromatic rings. The molecule has 0 saturated carbocycles. The van der Waals surface area contributed by atoms with E-state index >= 15 is 0 Å². The third kappa shape index (κ3) is 8.39. The van der Waals surface area contributed by atoms with Gasteiger partial charge in [-0.2, -0.15) is 5.10 Å². The number of rotatable bonds is 12. The number of nitrogens with zero attached hydrogens (tertiary/aromatic N) is 1. The van der Waals surface area contributed by atoms with Gasteiger partial charge in [-0.15, -0.1) is 0 Å². The van der Waals surface area contributed by atoms with Crippen LogP contribution in [0.5, 0.6) is 5.75 Å². The van der Waals surface area contributed by atoms with E-state index in [2.05, 4.69) is 17.5 Å². The Morgan fingerprint density at radius 3 is 2.24 bits per heavy atom. The summed E-state index contributed by atoms with van der Waals surface area (Å²) in [5, 5.41) is 4.24. The van der Waals surface area contributed by atoms with Crippen molar-refractivity contribution in [3.8, 4) is 5.75 Å². The molecular formula is C22H30N2O. The third-order valence-corrected chi connectivity index (χ3v) is 4.08. The van der Waals surface area contributed by atoms with E-state index in [-0.39, 0.29) is 0 Å². The number of hydrogen-bond acceptors (Lipinski definition) is 3. The van der Waals surface area contributed by atoms with Gasteiger partial charge in [0.1, 0.15) is 5.75 Å². The Kier molecular flexibility index (Phi) is 9.24. The van der Waals surface area contributed by atoms with Crippen LogP contribution in [-0.4, -0.2) is 12.8 Å². The predicted octanol–water partition coefficient (Wildman–Crippen LogP) is 6.26. The van der Waals surface area contributed by atoms with Crippen LogP contribution in [0.1, 0.15) is 57.4 Å². The monoisotopic (exact) mass is 338 g/mol. The lowest BCUT2D eigenvalue weighted by Gasteiger charge is -2.06. The molecular weight excluding hydrogens is 308 g/mol. The molecule has 0 spiro atoms. The molecule has 25 heavy (non-hydrogen) atoms. The van der Waals surface area contributed by atoms with Crippen LogP contribution in [0.2, 0.25) is 0 Å². The molecule has 3 heteroatoms. The van der Waals surface area contributed by atoms with Gasteiger partial charge in [0.25, 0.3) is 0 Å². The maximum Gasteiger partial charge on any atom is 0.119 e. The number of para-hydroxylation sites is 1. The first-order valence-corrected chi connectivity index (χ1v) is 9.45. The number of hydrazone groups is 1. The molecule has 2 aromatic carbocycles. The molecule has 0 aliphatic rings. The molecule has 0 aromatic heterocycles. The van der Waals surface area contributed by atoms with E-state index in [4.69, 9.17) is 4.74 Å². The van der Waals surface area contributed by atoms with Crippen molar-refractivity contribution in [1.29, 1.82) is 0 Å². The van der Waals surface area contributed by atoms with E-state index in [0.717, 1.165) is 30.0 Å². The van der Waals surface area contributed by atoms with Gasteiger partial charge in [-0.1, -0.05) is 63.6 Å². The van der Waals surface area contributed by atoms with Gasteiger partial charge in [-0.3, -0.25) is 5.43 Å². The number of unbranched alkanes of at least 4 members (excludes halogenated alkanes) is 6. The summed E-state index contributed by atoms with van der Waals surface area (Å²) >= 11 is 0. The number of benzene rings is 2. The van der Waals surface area contributed by atoms with Crippen LogP contribution >= 0.6 is 0 Å². The smallest absolute Gasteiger partial charge is 0.119 e. The second-order valence-electron chi connectivity index (χ2n) is 6.27. The van der Waals surface area contributed by atoms with E-state index in [1.165, 1.54) is 38.5 Å². The fraction of sp³-hybridized carbons (Fsp3) is 0.409. The van der Waals surface area contributed by atoms with Gasteiger partial charge >= 0.3 is 0 Å². The summed E-state index contributed by atoms with van der Waals surface area (Å²) in [5.41, 5.74) is 5.04. The Hall–Kier alpha value is -2.29. The van der Waals surface area contributed by atoms with Crippen molar-refractivity contribution in [2.45, 2.75) is 51.9 Å². The summed E-state index contributed by atoms with van der Waals surface area (Å²) < 4.78 is 5.80. The molecule has 0 saturated heterocycles. The van der Waals surface area contributed by atoms with Crippen LogP contribution in [0.25, 0.3) is 0 Å². The fourth-order valence-corrected chi connectivity index (χ4v) is 2.59.